The third kappa shape index (κ3) is 1.92. The number of fused-ring (bicyclic) bond motifs is 12. The molecule has 4 aromatic carbocycles. The first kappa shape index (κ1) is 17.5. The lowest BCUT2D eigenvalue weighted by Crippen LogP contribution is -1.94. The Balaban J connectivity index is 1.77. The molecule has 2 heterocycles. The quantitative estimate of drug-likeness (QED) is 0.274. The summed E-state index contributed by atoms with van der Waals surface area (Å²) in [6.45, 7) is 0. The van der Waals surface area contributed by atoms with Crippen LogP contribution in [-0.2, 0) is 25.7 Å². The highest BCUT2D eigenvalue weighted by molar-refractivity contribution is 6.32. The molecule has 0 unspecified atom stereocenters. The number of nitriles is 2. The Morgan fingerprint density at radius 1 is 0.636 bits per heavy atom. The molecule has 0 spiro atoms. The molecule has 0 fully saturated rings. The van der Waals surface area contributed by atoms with Crippen molar-refractivity contribution in [3.05, 3.63) is 75.8 Å². The van der Waals surface area contributed by atoms with E-state index < -0.39 is 0 Å². The summed E-state index contributed by atoms with van der Waals surface area (Å²) in [5, 5.41) is 27.7. The molecular formula is C30H19N3. The molecule has 2 aliphatic rings. The number of rotatable bonds is 0. The minimum absolute atomic E-state index is 0.815. The SMILES string of the molecule is N#Cc1cc2c(c3c1CCC3)c1cc3ccccc3c3c4c5c(c(C#N)cc4n2c13)CCC5. The molecule has 33 heavy (non-hydrogen) atoms. The van der Waals surface area contributed by atoms with Gasteiger partial charge in [0.1, 0.15) is 0 Å². The van der Waals surface area contributed by atoms with Crippen LogP contribution < -0.4 is 0 Å². The second kappa shape index (κ2) is 5.83. The van der Waals surface area contributed by atoms with E-state index in [4.69, 9.17) is 0 Å². The van der Waals surface area contributed by atoms with Gasteiger partial charge in [-0.15, -0.1) is 0 Å². The average Bonchev–Trinajstić information content (AvgIpc) is 3.62. The fourth-order valence-electron chi connectivity index (χ4n) is 7.05. The predicted octanol–water partition coefficient (Wildman–Crippen LogP) is 6.71. The van der Waals surface area contributed by atoms with Crippen LogP contribution in [0.5, 0.6) is 0 Å². The number of hydrogen-bond donors (Lipinski definition) is 0. The number of hydrogen-bond acceptors (Lipinski definition) is 2. The molecule has 3 heteroatoms. The summed E-state index contributed by atoms with van der Waals surface area (Å²) in [5.74, 6) is 0. The maximum absolute atomic E-state index is 9.99. The second-order valence-electron chi connectivity index (χ2n) is 9.69. The molecule has 0 bridgehead atoms. The first-order chi connectivity index (χ1) is 16.3. The average molecular weight is 422 g/mol. The molecule has 3 nitrogen and oxygen atoms in total. The fraction of sp³-hybridized carbons (Fsp3) is 0.200. The maximum Gasteiger partial charge on any atom is 0.0995 e. The number of aryl methyl sites for hydroxylation is 2. The third-order valence-corrected chi connectivity index (χ3v) is 8.25. The van der Waals surface area contributed by atoms with Crippen LogP contribution in [0.1, 0.15) is 46.2 Å². The van der Waals surface area contributed by atoms with Gasteiger partial charge in [0.2, 0.25) is 0 Å². The van der Waals surface area contributed by atoms with E-state index in [2.05, 4.69) is 59.0 Å². The van der Waals surface area contributed by atoms with Crippen LogP contribution in [0.4, 0.5) is 0 Å². The van der Waals surface area contributed by atoms with Gasteiger partial charge in [-0.25, -0.2) is 0 Å². The molecule has 6 aromatic rings. The van der Waals surface area contributed by atoms with Crippen molar-refractivity contribution in [3.63, 3.8) is 0 Å². The van der Waals surface area contributed by atoms with E-state index in [1.165, 1.54) is 60.1 Å². The van der Waals surface area contributed by atoms with Crippen molar-refractivity contribution in [2.45, 2.75) is 38.5 Å². The Kier molecular flexibility index (Phi) is 3.09. The van der Waals surface area contributed by atoms with E-state index in [1.807, 2.05) is 0 Å². The van der Waals surface area contributed by atoms with Gasteiger partial charge in [0.25, 0.3) is 0 Å². The van der Waals surface area contributed by atoms with Crippen molar-refractivity contribution in [2.24, 2.45) is 0 Å². The standard InChI is InChI=1S/C30H19N3/c31-14-17-12-25-27(22-9-3-7-19(17)22)24-11-16-5-1-2-6-21(16)29-28-23-10-4-8-20(23)18(15-32)13-26(28)33(25)30(24)29/h1-2,5-6,11-13H,3-4,7-10H2. The number of aromatic nitrogens is 1. The highest BCUT2D eigenvalue weighted by atomic mass is 14.9. The smallest absolute Gasteiger partial charge is 0.0995 e. The van der Waals surface area contributed by atoms with Crippen LogP contribution in [-0.4, -0.2) is 4.40 Å². The lowest BCUT2D eigenvalue weighted by Gasteiger charge is -2.10. The van der Waals surface area contributed by atoms with Gasteiger partial charge in [0.05, 0.1) is 39.8 Å². The van der Waals surface area contributed by atoms with E-state index in [0.717, 1.165) is 60.7 Å². The Labute approximate surface area is 190 Å². The Morgan fingerprint density at radius 2 is 1.24 bits per heavy atom. The molecule has 2 aliphatic carbocycles. The molecule has 0 radical (unpaired) electrons. The van der Waals surface area contributed by atoms with Gasteiger partial charge in [-0.3, -0.25) is 0 Å². The molecule has 0 aliphatic heterocycles. The van der Waals surface area contributed by atoms with Crippen LogP contribution in [0.15, 0.2) is 42.5 Å². The van der Waals surface area contributed by atoms with Gasteiger partial charge < -0.3 is 4.40 Å². The Bertz CT molecular complexity index is 1940. The second-order valence-corrected chi connectivity index (χ2v) is 9.69. The molecule has 0 amide bonds. The van der Waals surface area contributed by atoms with Crippen molar-refractivity contribution >= 4 is 48.9 Å². The maximum atomic E-state index is 9.99. The normalized spacial score (nSPS) is 15.1. The van der Waals surface area contributed by atoms with Crippen molar-refractivity contribution in [3.8, 4) is 12.1 Å². The van der Waals surface area contributed by atoms with Crippen LogP contribution in [0.2, 0.25) is 0 Å². The molecular weight excluding hydrogens is 402 g/mol. The van der Waals surface area contributed by atoms with E-state index in [0.29, 0.717) is 0 Å². The summed E-state index contributed by atoms with van der Waals surface area (Å²) in [5.41, 5.74) is 10.3. The summed E-state index contributed by atoms with van der Waals surface area (Å²) < 4.78 is 2.38. The lowest BCUT2D eigenvalue weighted by atomic mass is 9.93. The zero-order valence-electron chi connectivity index (χ0n) is 18.1. The van der Waals surface area contributed by atoms with Gasteiger partial charge in [0.15, 0.2) is 0 Å². The fourth-order valence-corrected chi connectivity index (χ4v) is 7.05. The van der Waals surface area contributed by atoms with Gasteiger partial charge >= 0.3 is 0 Å². The zero-order valence-corrected chi connectivity index (χ0v) is 18.1. The van der Waals surface area contributed by atoms with Crippen LogP contribution >= 0.6 is 0 Å². The van der Waals surface area contributed by atoms with Crippen LogP contribution in [0.3, 0.4) is 0 Å². The van der Waals surface area contributed by atoms with Gasteiger partial charge in [-0.2, -0.15) is 10.5 Å². The highest BCUT2D eigenvalue weighted by Gasteiger charge is 2.29. The molecule has 0 N–H and O–H groups in total. The van der Waals surface area contributed by atoms with E-state index in [9.17, 15) is 10.5 Å². The van der Waals surface area contributed by atoms with Crippen molar-refractivity contribution in [1.82, 2.24) is 4.40 Å². The highest BCUT2D eigenvalue weighted by Crippen LogP contribution is 2.48. The first-order valence-corrected chi connectivity index (χ1v) is 11.8. The predicted molar refractivity (Wildman–Crippen MR) is 132 cm³/mol. The van der Waals surface area contributed by atoms with Crippen LogP contribution in [0.25, 0.3) is 48.9 Å². The van der Waals surface area contributed by atoms with Crippen molar-refractivity contribution in [2.75, 3.05) is 0 Å². The summed E-state index contributed by atoms with van der Waals surface area (Å²) in [6, 6.07) is 20.3. The Morgan fingerprint density at radius 3 is 1.94 bits per heavy atom. The summed E-state index contributed by atoms with van der Waals surface area (Å²) in [4.78, 5) is 0. The van der Waals surface area contributed by atoms with Crippen LogP contribution in [0, 0.1) is 22.7 Å². The largest absolute Gasteiger partial charge is 0.308 e. The number of benzene rings is 4. The molecule has 154 valence electrons. The van der Waals surface area contributed by atoms with Gasteiger partial charge in [-0.05, 0) is 89.8 Å². The van der Waals surface area contributed by atoms with E-state index in [1.54, 1.807) is 0 Å². The molecule has 0 atom stereocenters. The third-order valence-electron chi connectivity index (χ3n) is 8.25. The molecule has 2 aromatic heterocycles. The van der Waals surface area contributed by atoms with E-state index >= 15 is 0 Å². The Hall–Kier alpha value is -4.08. The van der Waals surface area contributed by atoms with E-state index in [-0.39, 0.29) is 0 Å². The summed E-state index contributed by atoms with van der Waals surface area (Å²) in [7, 11) is 0. The van der Waals surface area contributed by atoms with Gasteiger partial charge in [-0.1, -0.05) is 24.3 Å². The summed E-state index contributed by atoms with van der Waals surface area (Å²) in [6.07, 6.45) is 6.25. The zero-order chi connectivity index (χ0) is 21.8. The minimum atomic E-state index is 0.815. The molecule has 8 rings (SSSR count). The lowest BCUT2D eigenvalue weighted by molar-refractivity contribution is 0.912. The van der Waals surface area contributed by atoms with Crippen molar-refractivity contribution in [1.29, 1.82) is 10.5 Å². The number of nitrogens with zero attached hydrogens (tertiary/aromatic N) is 3. The van der Waals surface area contributed by atoms with Crippen molar-refractivity contribution < 1.29 is 0 Å². The summed E-state index contributed by atoms with van der Waals surface area (Å²) >= 11 is 0. The monoisotopic (exact) mass is 421 g/mol. The first-order valence-electron chi connectivity index (χ1n) is 11.8. The molecule has 0 saturated heterocycles. The topological polar surface area (TPSA) is 52.0 Å². The van der Waals surface area contributed by atoms with Gasteiger partial charge in [0, 0.05) is 21.5 Å². The molecule has 0 saturated carbocycles. The minimum Gasteiger partial charge on any atom is -0.308 e.